The lowest BCUT2D eigenvalue weighted by molar-refractivity contribution is 0.102. The van der Waals surface area contributed by atoms with E-state index in [1.165, 1.54) is 0 Å². The highest BCUT2D eigenvalue weighted by molar-refractivity contribution is 7.99. The second kappa shape index (κ2) is 11.3. The van der Waals surface area contributed by atoms with Gasteiger partial charge in [0, 0.05) is 5.56 Å². The molecule has 0 amide bonds. The third-order valence-electron chi connectivity index (χ3n) is 3.95. The maximum atomic E-state index is 12.5. The minimum absolute atomic E-state index is 0.0452. The smallest absolute Gasteiger partial charge is 0.242 e. The van der Waals surface area contributed by atoms with E-state index in [0.29, 0.717) is 23.7 Å². The van der Waals surface area contributed by atoms with Crippen LogP contribution in [0.5, 0.6) is 5.75 Å². The normalized spacial score (nSPS) is 12.5. The first kappa shape index (κ1) is 24.8. The molecule has 0 unspecified atom stereocenters. The minimum Gasteiger partial charge on any atom is -0.497 e. The van der Waals surface area contributed by atoms with Crippen molar-refractivity contribution in [3.05, 3.63) is 29.8 Å². The maximum Gasteiger partial charge on any atom is 0.242 e. The molecule has 1 aromatic heterocycles. The van der Waals surface area contributed by atoms with Gasteiger partial charge in [-0.3, -0.25) is 9.52 Å². The Morgan fingerprint density at radius 2 is 1.81 bits per heavy atom. The van der Waals surface area contributed by atoms with Crippen LogP contribution in [0, 0.1) is 5.92 Å². The van der Waals surface area contributed by atoms with Gasteiger partial charge in [-0.15, -0.1) is 0 Å². The van der Waals surface area contributed by atoms with E-state index in [1.807, 2.05) is 13.8 Å². The molecule has 0 aliphatic rings. The predicted octanol–water partition coefficient (Wildman–Crippen LogP) is 2.05. The lowest BCUT2D eigenvalue weighted by Gasteiger charge is -2.18. The monoisotopic (exact) mass is 469 g/mol. The molecule has 0 aliphatic heterocycles. The number of hydrogen-bond donors (Lipinski definition) is 3. The van der Waals surface area contributed by atoms with Gasteiger partial charge in [-0.05, 0) is 36.6 Å². The number of ketones is 1. The van der Waals surface area contributed by atoms with E-state index < -0.39 is 10.0 Å². The average molecular weight is 470 g/mol. The Morgan fingerprint density at radius 3 is 2.35 bits per heavy atom. The molecule has 1 aromatic carbocycles. The summed E-state index contributed by atoms with van der Waals surface area (Å²) in [7, 11) is -2.07. The Hall–Kier alpha value is -2.44. The van der Waals surface area contributed by atoms with Crippen LogP contribution in [0.25, 0.3) is 0 Å². The lowest BCUT2D eigenvalue weighted by Crippen LogP contribution is -2.27. The number of thioether (sulfide) groups is 1. The van der Waals surface area contributed by atoms with Gasteiger partial charge in [0.1, 0.15) is 5.75 Å². The van der Waals surface area contributed by atoms with Crippen LogP contribution in [0.3, 0.4) is 0 Å². The Morgan fingerprint density at radius 1 is 1.16 bits per heavy atom. The number of anilines is 2. The molecule has 0 radical (unpaired) electrons. The largest absolute Gasteiger partial charge is 0.497 e. The molecule has 3 N–H and O–H groups in total. The van der Waals surface area contributed by atoms with Gasteiger partial charge in [-0.25, -0.2) is 8.42 Å². The molecule has 170 valence electrons. The van der Waals surface area contributed by atoms with E-state index in [1.54, 1.807) is 31.4 Å². The van der Waals surface area contributed by atoms with Crippen molar-refractivity contribution >= 4 is 39.5 Å². The Kier molecular flexibility index (Phi) is 9.01. The van der Waals surface area contributed by atoms with Gasteiger partial charge in [-0.2, -0.15) is 15.0 Å². The van der Waals surface area contributed by atoms with Crippen LogP contribution < -0.4 is 14.8 Å². The van der Waals surface area contributed by atoms with Crippen molar-refractivity contribution in [1.29, 1.82) is 0 Å². The fourth-order valence-electron chi connectivity index (χ4n) is 2.62. The zero-order valence-electron chi connectivity index (χ0n) is 17.8. The predicted molar refractivity (Wildman–Crippen MR) is 120 cm³/mol. The van der Waals surface area contributed by atoms with Crippen molar-refractivity contribution in [2.75, 3.05) is 35.8 Å². The molecule has 1 heterocycles. The van der Waals surface area contributed by atoms with E-state index in [9.17, 15) is 18.3 Å². The molecule has 10 nitrogen and oxygen atoms in total. The maximum absolute atomic E-state index is 12.5. The number of sulfonamides is 1. The molecule has 0 fully saturated rings. The topological polar surface area (TPSA) is 143 Å². The molecule has 31 heavy (non-hydrogen) atoms. The number of carbonyl (C=O) groups excluding carboxylic acids is 1. The van der Waals surface area contributed by atoms with Crippen LogP contribution in [-0.4, -0.2) is 66.0 Å². The summed E-state index contributed by atoms with van der Waals surface area (Å²) in [4.78, 5) is 24.9. The summed E-state index contributed by atoms with van der Waals surface area (Å²) < 4.78 is 30.5. The third-order valence-corrected chi connectivity index (χ3v) is 5.35. The zero-order chi connectivity index (χ0) is 23.0. The molecule has 1 atom stereocenters. The van der Waals surface area contributed by atoms with Crippen LogP contribution in [0.2, 0.25) is 0 Å². The van der Waals surface area contributed by atoms with Crippen LogP contribution in [0.1, 0.15) is 30.6 Å². The number of rotatable bonds is 12. The summed E-state index contributed by atoms with van der Waals surface area (Å²) >= 11 is 1.06. The molecular weight excluding hydrogens is 442 g/mol. The van der Waals surface area contributed by atoms with Crippen LogP contribution in [0.15, 0.2) is 29.4 Å². The number of benzene rings is 1. The van der Waals surface area contributed by atoms with Gasteiger partial charge >= 0.3 is 0 Å². The van der Waals surface area contributed by atoms with Crippen molar-refractivity contribution in [3.63, 3.8) is 0 Å². The molecule has 2 aromatic rings. The third kappa shape index (κ3) is 8.67. The second-order valence-electron chi connectivity index (χ2n) is 7.23. The summed E-state index contributed by atoms with van der Waals surface area (Å²) in [5.41, 5.74) is 0.507. The number of aliphatic hydroxyl groups is 1. The summed E-state index contributed by atoms with van der Waals surface area (Å²) in [6.07, 6.45) is 1.65. The molecule has 2 rings (SSSR count). The average Bonchev–Trinajstić information content (AvgIpc) is 2.69. The van der Waals surface area contributed by atoms with Crippen LogP contribution >= 0.6 is 11.8 Å². The van der Waals surface area contributed by atoms with Gasteiger partial charge in [0.15, 0.2) is 10.9 Å². The van der Waals surface area contributed by atoms with Gasteiger partial charge in [0.2, 0.25) is 21.9 Å². The Bertz CT molecular complexity index is 984. The van der Waals surface area contributed by atoms with Gasteiger partial charge in [-0.1, -0.05) is 25.6 Å². The van der Waals surface area contributed by atoms with Crippen molar-refractivity contribution < 1.29 is 23.1 Å². The van der Waals surface area contributed by atoms with Crippen LogP contribution in [-0.2, 0) is 10.0 Å². The van der Waals surface area contributed by atoms with E-state index in [-0.39, 0.29) is 41.2 Å². The zero-order valence-corrected chi connectivity index (χ0v) is 19.5. The lowest BCUT2D eigenvalue weighted by atomic mass is 10.0. The fraction of sp³-hybridized carbons (Fsp3) is 0.474. The van der Waals surface area contributed by atoms with E-state index in [4.69, 9.17) is 4.74 Å². The first-order valence-corrected chi connectivity index (χ1v) is 12.4. The van der Waals surface area contributed by atoms with Crippen molar-refractivity contribution in [3.8, 4) is 5.75 Å². The number of ether oxygens (including phenoxy) is 1. The summed E-state index contributed by atoms with van der Waals surface area (Å²) in [6, 6.07) is 6.40. The molecule has 0 spiro atoms. The Balaban J connectivity index is 2.19. The molecule has 0 aliphatic carbocycles. The van der Waals surface area contributed by atoms with E-state index >= 15 is 0 Å². The highest BCUT2D eigenvalue weighted by Gasteiger charge is 2.16. The van der Waals surface area contributed by atoms with Gasteiger partial charge in [0.05, 0.1) is 31.8 Å². The molecular formula is C19H27N5O5S2. The van der Waals surface area contributed by atoms with Crippen molar-refractivity contribution in [1.82, 2.24) is 15.0 Å². The van der Waals surface area contributed by atoms with E-state index in [0.717, 1.165) is 18.0 Å². The highest BCUT2D eigenvalue weighted by atomic mass is 32.2. The fourth-order valence-corrected chi connectivity index (χ4v) is 3.77. The molecule has 0 saturated heterocycles. The van der Waals surface area contributed by atoms with E-state index in [2.05, 4.69) is 25.0 Å². The van der Waals surface area contributed by atoms with Crippen LogP contribution in [0.4, 0.5) is 11.9 Å². The number of carbonyl (C=O) groups is 1. The van der Waals surface area contributed by atoms with Crippen molar-refractivity contribution in [2.24, 2.45) is 5.92 Å². The standard InChI is InChI=1S/C19H27N5O5S2/c1-12(2)9-14(10-25)20-17-21-18(24-31(4,27)28)23-19(22-17)30-11-16(26)13-5-7-15(29-3)8-6-13/h5-8,12,14,25H,9-11H2,1-4H3,(H2,20,21,22,23,24)/t14-/m1/s1. The first-order chi connectivity index (χ1) is 14.6. The second-order valence-corrected chi connectivity index (χ2v) is 9.92. The van der Waals surface area contributed by atoms with Gasteiger partial charge < -0.3 is 15.2 Å². The Labute approximate surface area is 186 Å². The SMILES string of the molecule is COc1ccc(C(=O)CSc2nc(N[C@@H](CO)CC(C)C)nc(NS(C)(=O)=O)n2)cc1. The molecule has 0 bridgehead atoms. The first-order valence-electron chi connectivity index (χ1n) is 9.51. The van der Waals surface area contributed by atoms with Crippen molar-refractivity contribution in [2.45, 2.75) is 31.5 Å². The quantitative estimate of drug-likeness (QED) is 0.312. The number of nitrogens with zero attached hydrogens (tertiary/aromatic N) is 3. The molecule has 12 heteroatoms. The molecule has 0 saturated carbocycles. The number of methoxy groups -OCH3 is 1. The summed E-state index contributed by atoms with van der Waals surface area (Å²) in [5, 5.41) is 12.8. The van der Waals surface area contributed by atoms with Gasteiger partial charge in [0.25, 0.3) is 0 Å². The number of nitrogens with one attached hydrogen (secondary N) is 2. The summed E-state index contributed by atoms with van der Waals surface area (Å²) in [6.45, 7) is 3.89. The highest BCUT2D eigenvalue weighted by Crippen LogP contribution is 2.20. The number of hydrogen-bond acceptors (Lipinski definition) is 10. The minimum atomic E-state index is -3.61. The number of Topliss-reactive ketones (excluding diaryl/α,β-unsaturated/α-hetero) is 1. The number of aromatic nitrogens is 3. The summed E-state index contributed by atoms with van der Waals surface area (Å²) in [5.74, 6) is 0.808. The number of aliphatic hydroxyl groups excluding tert-OH is 1.